The van der Waals surface area contributed by atoms with Crippen LogP contribution in [0.25, 0.3) is 0 Å². The Hall–Kier alpha value is -4.18. The van der Waals surface area contributed by atoms with E-state index in [0.717, 1.165) is 67.1 Å². The number of ether oxygens (including phenoxy) is 2. The lowest BCUT2D eigenvalue weighted by atomic mass is 9.74. The second-order valence-corrected chi connectivity index (χ2v) is 11.6. The molecule has 0 radical (unpaired) electrons. The van der Waals surface area contributed by atoms with Crippen LogP contribution in [0.2, 0.25) is 0 Å². The number of hydrogen-bond acceptors (Lipinski definition) is 4. The molecule has 4 aromatic carbocycles. The van der Waals surface area contributed by atoms with Gasteiger partial charge in [0.15, 0.2) is 11.6 Å². The standard InChI is InChI=1S/C38H42O4/c1-23-17-25(3)37(26(4)18-23)35(39)21-33(29-9-13-31(41-7)14-10-29)34(30-11-15-32(42-8)16-12-30)22-36(40)38-27(5)19-24(2)20-28(38)6/h9-20,33-34H,21-22H2,1-8H3/t33-,34-/m0/s1. The van der Waals surface area contributed by atoms with E-state index in [4.69, 9.17) is 9.47 Å². The molecule has 0 amide bonds. The monoisotopic (exact) mass is 562 g/mol. The van der Waals surface area contributed by atoms with Crippen LogP contribution < -0.4 is 9.47 Å². The Balaban J connectivity index is 1.84. The largest absolute Gasteiger partial charge is 0.497 e. The van der Waals surface area contributed by atoms with Crippen molar-refractivity contribution in [3.05, 3.63) is 128 Å². The third-order valence-electron chi connectivity index (χ3n) is 8.30. The Bertz CT molecular complexity index is 1410. The number of carbonyl (C=O) groups excluding carboxylic acids is 2. The summed E-state index contributed by atoms with van der Waals surface area (Å²) in [4.78, 5) is 28.2. The third-order valence-corrected chi connectivity index (χ3v) is 8.30. The summed E-state index contributed by atoms with van der Waals surface area (Å²) in [5, 5.41) is 0. The zero-order valence-corrected chi connectivity index (χ0v) is 26.1. The van der Waals surface area contributed by atoms with Crippen LogP contribution in [0.4, 0.5) is 0 Å². The van der Waals surface area contributed by atoms with Crippen molar-refractivity contribution in [2.45, 2.75) is 66.2 Å². The van der Waals surface area contributed by atoms with Gasteiger partial charge in [-0.05, 0) is 111 Å². The highest BCUT2D eigenvalue weighted by atomic mass is 16.5. The summed E-state index contributed by atoms with van der Waals surface area (Å²) in [6, 6.07) is 24.1. The van der Waals surface area contributed by atoms with E-state index in [1.54, 1.807) is 14.2 Å². The van der Waals surface area contributed by atoms with Gasteiger partial charge >= 0.3 is 0 Å². The highest BCUT2D eigenvalue weighted by Crippen LogP contribution is 2.41. The van der Waals surface area contributed by atoms with Crippen LogP contribution in [0.1, 0.15) is 89.9 Å². The molecule has 4 rings (SSSR count). The molecule has 0 saturated heterocycles. The lowest BCUT2D eigenvalue weighted by Crippen LogP contribution is -2.21. The molecule has 218 valence electrons. The van der Waals surface area contributed by atoms with E-state index in [9.17, 15) is 9.59 Å². The van der Waals surface area contributed by atoms with Gasteiger partial charge in [0.25, 0.3) is 0 Å². The lowest BCUT2D eigenvalue weighted by molar-refractivity contribution is 0.0935. The normalized spacial score (nSPS) is 12.5. The molecule has 0 aromatic heterocycles. The van der Waals surface area contributed by atoms with Crippen LogP contribution in [0.3, 0.4) is 0 Å². The third kappa shape index (κ3) is 6.82. The first-order chi connectivity index (χ1) is 20.0. The number of ketones is 2. The number of Topliss-reactive ketones (excluding diaryl/α,β-unsaturated/α-hetero) is 2. The van der Waals surface area contributed by atoms with E-state index in [-0.39, 0.29) is 36.2 Å². The van der Waals surface area contributed by atoms with E-state index < -0.39 is 0 Å². The molecule has 0 heterocycles. The Morgan fingerprint density at radius 3 is 1.07 bits per heavy atom. The predicted molar refractivity (Wildman–Crippen MR) is 171 cm³/mol. The van der Waals surface area contributed by atoms with Crippen molar-refractivity contribution in [2.24, 2.45) is 0 Å². The van der Waals surface area contributed by atoms with Gasteiger partial charge in [-0.15, -0.1) is 0 Å². The van der Waals surface area contributed by atoms with Crippen molar-refractivity contribution in [1.29, 1.82) is 0 Å². The van der Waals surface area contributed by atoms with E-state index in [0.29, 0.717) is 0 Å². The Kier molecular flexibility index (Phi) is 9.67. The molecule has 42 heavy (non-hydrogen) atoms. The zero-order valence-electron chi connectivity index (χ0n) is 26.1. The number of carbonyl (C=O) groups is 2. The molecule has 0 spiro atoms. The summed E-state index contributed by atoms with van der Waals surface area (Å²) in [7, 11) is 3.29. The molecule has 4 nitrogen and oxygen atoms in total. The first-order valence-electron chi connectivity index (χ1n) is 14.5. The maximum Gasteiger partial charge on any atom is 0.164 e. The molecule has 0 saturated carbocycles. The molecular weight excluding hydrogens is 520 g/mol. The number of benzene rings is 4. The molecule has 0 bridgehead atoms. The lowest BCUT2D eigenvalue weighted by Gasteiger charge is -2.29. The topological polar surface area (TPSA) is 52.6 Å². The van der Waals surface area contributed by atoms with Crippen LogP contribution >= 0.6 is 0 Å². The first kappa shape index (κ1) is 30.8. The van der Waals surface area contributed by atoms with Gasteiger partial charge in [-0.3, -0.25) is 9.59 Å². The maximum atomic E-state index is 14.1. The minimum absolute atomic E-state index is 0.0828. The van der Waals surface area contributed by atoms with Gasteiger partial charge in [-0.1, -0.05) is 59.7 Å². The molecule has 0 unspecified atom stereocenters. The molecule has 0 N–H and O–H groups in total. The molecular formula is C38H42O4. The van der Waals surface area contributed by atoms with Crippen molar-refractivity contribution in [3.63, 3.8) is 0 Å². The fourth-order valence-electron chi connectivity index (χ4n) is 6.53. The van der Waals surface area contributed by atoms with Gasteiger partial charge < -0.3 is 9.47 Å². The number of hydrogen-bond donors (Lipinski definition) is 0. The number of methoxy groups -OCH3 is 2. The van der Waals surface area contributed by atoms with E-state index in [2.05, 4.69) is 38.1 Å². The van der Waals surface area contributed by atoms with Crippen molar-refractivity contribution < 1.29 is 19.1 Å². The maximum absolute atomic E-state index is 14.1. The fourth-order valence-corrected chi connectivity index (χ4v) is 6.53. The Labute approximate surface area is 250 Å². The van der Waals surface area contributed by atoms with Crippen LogP contribution in [0, 0.1) is 41.5 Å². The van der Waals surface area contributed by atoms with E-state index >= 15 is 0 Å². The molecule has 0 aliphatic carbocycles. The zero-order chi connectivity index (χ0) is 30.6. The summed E-state index contributed by atoms with van der Waals surface area (Å²) < 4.78 is 10.9. The average Bonchev–Trinajstić information content (AvgIpc) is 2.94. The van der Waals surface area contributed by atoms with E-state index in [1.807, 2.05) is 76.2 Å². The molecule has 0 fully saturated rings. The van der Waals surface area contributed by atoms with Gasteiger partial charge in [0, 0.05) is 24.0 Å². The number of rotatable bonds is 11. The van der Waals surface area contributed by atoms with Crippen molar-refractivity contribution in [1.82, 2.24) is 0 Å². The van der Waals surface area contributed by atoms with Gasteiger partial charge in [-0.25, -0.2) is 0 Å². The smallest absolute Gasteiger partial charge is 0.164 e. The quantitative estimate of drug-likeness (QED) is 0.171. The van der Waals surface area contributed by atoms with Crippen LogP contribution in [-0.4, -0.2) is 25.8 Å². The first-order valence-corrected chi connectivity index (χ1v) is 14.5. The molecule has 0 aliphatic rings. The molecule has 4 aromatic rings. The van der Waals surface area contributed by atoms with E-state index in [1.165, 1.54) is 0 Å². The van der Waals surface area contributed by atoms with Gasteiger partial charge in [0.1, 0.15) is 11.5 Å². The van der Waals surface area contributed by atoms with Crippen molar-refractivity contribution >= 4 is 11.6 Å². The summed E-state index contributed by atoms with van der Waals surface area (Å²) in [6.45, 7) is 12.1. The average molecular weight is 563 g/mol. The minimum atomic E-state index is -0.244. The van der Waals surface area contributed by atoms with Crippen LogP contribution in [-0.2, 0) is 0 Å². The van der Waals surface area contributed by atoms with Crippen LogP contribution in [0.15, 0.2) is 72.8 Å². The number of aryl methyl sites for hydroxylation is 6. The molecule has 2 atom stereocenters. The summed E-state index contributed by atoms with van der Waals surface area (Å²) >= 11 is 0. The van der Waals surface area contributed by atoms with Crippen LogP contribution in [0.5, 0.6) is 11.5 Å². The second kappa shape index (κ2) is 13.2. The van der Waals surface area contributed by atoms with Gasteiger partial charge in [0.05, 0.1) is 14.2 Å². The van der Waals surface area contributed by atoms with Crippen molar-refractivity contribution in [2.75, 3.05) is 14.2 Å². The molecule has 4 heteroatoms. The summed E-state index contributed by atoms with van der Waals surface area (Å²) in [5.74, 6) is 1.17. The molecule has 0 aliphatic heterocycles. The highest BCUT2D eigenvalue weighted by molar-refractivity contribution is 6.01. The van der Waals surface area contributed by atoms with Gasteiger partial charge in [-0.2, -0.15) is 0 Å². The SMILES string of the molecule is COc1ccc([C@H](CC(=O)c2c(C)cc(C)cc2C)[C@@H](CC(=O)c2c(C)cc(C)cc2C)c2ccc(OC)cc2)cc1. The fraction of sp³-hybridized carbons (Fsp3) is 0.316. The van der Waals surface area contributed by atoms with Gasteiger partial charge in [0.2, 0.25) is 0 Å². The minimum Gasteiger partial charge on any atom is -0.497 e. The highest BCUT2D eigenvalue weighted by Gasteiger charge is 2.31. The predicted octanol–water partition coefficient (Wildman–Crippen LogP) is 8.97. The Morgan fingerprint density at radius 2 is 0.810 bits per heavy atom. The second-order valence-electron chi connectivity index (χ2n) is 11.6. The van der Waals surface area contributed by atoms with Crippen molar-refractivity contribution in [3.8, 4) is 11.5 Å². The summed E-state index contributed by atoms with van der Waals surface area (Å²) in [6.07, 6.45) is 0.541. The Morgan fingerprint density at radius 1 is 0.524 bits per heavy atom. The summed E-state index contributed by atoms with van der Waals surface area (Å²) in [5.41, 5.74) is 9.73.